The molecular weight excluding hydrogens is 258 g/mol. The Morgan fingerprint density at radius 1 is 1.53 bits per heavy atom. The van der Waals surface area contributed by atoms with Crippen LogP contribution in [-0.4, -0.2) is 17.4 Å². The van der Waals surface area contributed by atoms with E-state index in [1.165, 1.54) is 0 Å². The number of nitrogens with zero attached hydrogens (tertiary/aromatic N) is 1. The third-order valence-corrected chi connectivity index (χ3v) is 3.27. The van der Waals surface area contributed by atoms with Crippen LogP contribution in [0.2, 0.25) is 0 Å². The Morgan fingerprint density at radius 3 is 2.73 bits per heavy atom. The molecule has 15 heavy (non-hydrogen) atoms. The van der Waals surface area contributed by atoms with Crippen molar-refractivity contribution >= 4 is 21.8 Å². The average molecular weight is 272 g/mol. The van der Waals surface area contributed by atoms with Gasteiger partial charge >= 0.3 is 0 Å². The molecular formula is C11H14BrNO2. The zero-order valence-corrected chi connectivity index (χ0v) is 10.5. The van der Waals surface area contributed by atoms with Crippen molar-refractivity contribution in [1.82, 2.24) is 4.90 Å². The lowest BCUT2D eigenvalue weighted by Gasteiger charge is -2.18. The monoisotopic (exact) mass is 271 g/mol. The molecule has 1 fully saturated rings. The van der Waals surface area contributed by atoms with Gasteiger partial charge in [-0.3, -0.25) is 4.79 Å². The van der Waals surface area contributed by atoms with E-state index in [1.54, 1.807) is 0 Å². The highest BCUT2D eigenvalue weighted by Crippen LogP contribution is 2.31. The van der Waals surface area contributed by atoms with Gasteiger partial charge in [-0.1, -0.05) is 13.8 Å². The molecule has 1 aromatic heterocycles. The molecule has 82 valence electrons. The molecule has 0 aliphatic carbocycles. The highest BCUT2D eigenvalue weighted by atomic mass is 79.9. The second-order valence-corrected chi connectivity index (χ2v) is 5.35. The fourth-order valence-electron chi connectivity index (χ4n) is 1.83. The summed E-state index contributed by atoms with van der Waals surface area (Å²) in [5.41, 5.74) is -0.205. The SMILES string of the molecule is CC1(C)CCN(Cc2ccc(Br)o2)C1=O. The van der Waals surface area contributed by atoms with Gasteiger partial charge in [0.15, 0.2) is 4.67 Å². The van der Waals surface area contributed by atoms with Gasteiger partial charge in [0.25, 0.3) is 0 Å². The molecule has 0 N–H and O–H groups in total. The summed E-state index contributed by atoms with van der Waals surface area (Å²) in [5, 5.41) is 0. The molecule has 1 aromatic rings. The van der Waals surface area contributed by atoms with E-state index in [4.69, 9.17) is 4.42 Å². The predicted octanol–water partition coefficient (Wildman–Crippen LogP) is 2.80. The number of furan rings is 1. The summed E-state index contributed by atoms with van der Waals surface area (Å²) in [7, 11) is 0. The molecule has 1 saturated heterocycles. The van der Waals surface area contributed by atoms with Crippen LogP contribution in [0.5, 0.6) is 0 Å². The highest BCUT2D eigenvalue weighted by Gasteiger charge is 2.38. The zero-order valence-electron chi connectivity index (χ0n) is 8.92. The van der Waals surface area contributed by atoms with Gasteiger partial charge in [0.1, 0.15) is 5.76 Å². The maximum atomic E-state index is 11.9. The molecule has 0 bridgehead atoms. The van der Waals surface area contributed by atoms with Crippen molar-refractivity contribution in [2.45, 2.75) is 26.8 Å². The quantitative estimate of drug-likeness (QED) is 0.829. The van der Waals surface area contributed by atoms with E-state index in [1.807, 2.05) is 30.9 Å². The van der Waals surface area contributed by atoms with Gasteiger partial charge in [-0.15, -0.1) is 0 Å². The summed E-state index contributed by atoms with van der Waals surface area (Å²) in [6.07, 6.45) is 0.924. The van der Waals surface area contributed by atoms with E-state index in [0.29, 0.717) is 11.2 Å². The number of amides is 1. The second-order valence-electron chi connectivity index (χ2n) is 4.57. The van der Waals surface area contributed by atoms with Crippen LogP contribution >= 0.6 is 15.9 Å². The first-order chi connectivity index (χ1) is 6.99. The Morgan fingerprint density at radius 2 is 2.27 bits per heavy atom. The number of carbonyl (C=O) groups excluding carboxylic acids is 1. The normalized spacial score (nSPS) is 19.9. The van der Waals surface area contributed by atoms with Gasteiger partial charge in [0, 0.05) is 12.0 Å². The van der Waals surface area contributed by atoms with Gasteiger partial charge in [-0.2, -0.15) is 0 Å². The molecule has 1 aliphatic heterocycles. The second kappa shape index (κ2) is 3.67. The molecule has 0 atom stereocenters. The van der Waals surface area contributed by atoms with Crippen LogP contribution in [0.3, 0.4) is 0 Å². The van der Waals surface area contributed by atoms with E-state index in [9.17, 15) is 4.79 Å². The minimum atomic E-state index is -0.205. The summed E-state index contributed by atoms with van der Waals surface area (Å²) in [6, 6.07) is 3.74. The molecule has 0 spiro atoms. The number of carbonyl (C=O) groups is 1. The van der Waals surface area contributed by atoms with Crippen LogP contribution in [0, 0.1) is 5.41 Å². The van der Waals surface area contributed by atoms with Crippen LogP contribution in [0.4, 0.5) is 0 Å². The summed E-state index contributed by atoms with van der Waals surface area (Å²) in [5.74, 6) is 1.04. The summed E-state index contributed by atoms with van der Waals surface area (Å²) in [6.45, 7) is 5.39. The third-order valence-electron chi connectivity index (χ3n) is 2.85. The predicted molar refractivity (Wildman–Crippen MR) is 60.2 cm³/mol. The van der Waals surface area contributed by atoms with Crippen molar-refractivity contribution < 1.29 is 9.21 Å². The Bertz CT molecular complexity index is 384. The number of hydrogen-bond acceptors (Lipinski definition) is 2. The van der Waals surface area contributed by atoms with Crippen molar-refractivity contribution in [2.75, 3.05) is 6.54 Å². The maximum Gasteiger partial charge on any atom is 0.228 e. The topological polar surface area (TPSA) is 33.5 Å². The van der Waals surface area contributed by atoms with E-state index in [2.05, 4.69) is 15.9 Å². The summed E-state index contributed by atoms with van der Waals surface area (Å²) in [4.78, 5) is 13.8. The van der Waals surface area contributed by atoms with Crippen LogP contribution in [0.15, 0.2) is 21.2 Å². The Hall–Kier alpha value is -0.770. The fraction of sp³-hybridized carbons (Fsp3) is 0.545. The minimum Gasteiger partial charge on any atom is -0.452 e. The van der Waals surface area contributed by atoms with E-state index in [-0.39, 0.29) is 11.3 Å². The van der Waals surface area contributed by atoms with Crippen molar-refractivity contribution in [3.8, 4) is 0 Å². The van der Waals surface area contributed by atoms with Gasteiger partial charge < -0.3 is 9.32 Å². The molecule has 4 heteroatoms. The Labute approximate surface area is 97.6 Å². The van der Waals surface area contributed by atoms with E-state index < -0.39 is 0 Å². The molecule has 0 radical (unpaired) electrons. The maximum absolute atomic E-state index is 11.9. The first-order valence-corrected chi connectivity index (χ1v) is 5.82. The number of rotatable bonds is 2. The van der Waals surface area contributed by atoms with Crippen LogP contribution < -0.4 is 0 Å². The lowest BCUT2D eigenvalue weighted by Crippen LogP contribution is -2.30. The van der Waals surface area contributed by atoms with Crippen LogP contribution in [-0.2, 0) is 11.3 Å². The van der Waals surface area contributed by atoms with Gasteiger partial charge in [0.2, 0.25) is 5.91 Å². The van der Waals surface area contributed by atoms with Crippen molar-refractivity contribution in [3.63, 3.8) is 0 Å². The van der Waals surface area contributed by atoms with E-state index >= 15 is 0 Å². The number of halogens is 1. The van der Waals surface area contributed by atoms with Crippen molar-refractivity contribution in [3.05, 3.63) is 22.6 Å². The fourth-order valence-corrected chi connectivity index (χ4v) is 2.17. The Balaban J connectivity index is 2.06. The third kappa shape index (κ3) is 2.09. The van der Waals surface area contributed by atoms with Crippen LogP contribution in [0.25, 0.3) is 0 Å². The summed E-state index contributed by atoms with van der Waals surface area (Å²) < 4.78 is 6.10. The summed E-state index contributed by atoms with van der Waals surface area (Å²) >= 11 is 3.25. The first kappa shape index (κ1) is 10.7. The first-order valence-electron chi connectivity index (χ1n) is 5.03. The largest absolute Gasteiger partial charge is 0.452 e. The zero-order chi connectivity index (χ0) is 11.1. The van der Waals surface area contributed by atoms with Crippen LogP contribution in [0.1, 0.15) is 26.0 Å². The highest BCUT2D eigenvalue weighted by molar-refractivity contribution is 9.10. The van der Waals surface area contributed by atoms with Gasteiger partial charge in [-0.05, 0) is 34.5 Å². The molecule has 3 nitrogen and oxygen atoms in total. The smallest absolute Gasteiger partial charge is 0.228 e. The van der Waals surface area contributed by atoms with Crippen molar-refractivity contribution in [1.29, 1.82) is 0 Å². The standard InChI is InChI=1S/C11H14BrNO2/c1-11(2)5-6-13(10(11)14)7-8-3-4-9(12)15-8/h3-4H,5-7H2,1-2H3. The van der Waals surface area contributed by atoms with Gasteiger partial charge in [0.05, 0.1) is 6.54 Å². The number of hydrogen-bond donors (Lipinski definition) is 0. The van der Waals surface area contributed by atoms with E-state index in [0.717, 1.165) is 18.7 Å². The number of likely N-dealkylation sites (tertiary alicyclic amines) is 1. The molecule has 1 aliphatic rings. The molecule has 0 aromatic carbocycles. The lowest BCUT2D eigenvalue weighted by atomic mass is 9.92. The minimum absolute atomic E-state index is 0.205. The molecule has 1 amide bonds. The molecule has 0 unspecified atom stereocenters. The average Bonchev–Trinajstić information content (AvgIpc) is 2.66. The molecule has 2 heterocycles. The Kier molecular flexibility index (Phi) is 2.63. The van der Waals surface area contributed by atoms with Crippen molar-refractivity contribution in [2.24, 2.45) is 5.41 Å². The molecule has 2 rings (SSSR count). The lowest BCUT2D eigenvalue weighted by molar-refractivity contribution is -0.135. The van der Waals surface area contributed by atoms with Gasteiger partial charge in [-0.25, -0.2) is 0 Å². The molecule has 0 saturated carbocycles.